The smallest absolute Gasteiger partial charge is 0.240 e. The number of piperidine rings is 1. The highest BCUT2D eigenvalue weighted by atomic mass is 16.2. The summed E-state index contributed by atoms with van der Waals surface area (Å²) < 4.78 is 2.07. The van der Waals surface area contributed by atoms with Crippen molar-refractivity contribution in [1.82, 2.24) is 24.6 Å². The fourth-order valence-electron chi connectivity index (χ4n) is 4.15. The third-order valence-electron chi connectivity index (χ3n) is 5.67. The van der Waals surface area contributed by atoms with Gasteiger partial charge in [0.2, 0.25) is 5.91 Å². The number of amides is 1. The topological polar surface area (TPSA) is 54.3 Å². The van der Waals surface area contributed by atoms with Crippen molar-refractivity contribution in [3.8, 4) is 0 Å². The quantitative estimate of drug-likeness (QED) is 0.857. The molecule has 1 aromatic heterocycles. The number of fused-ring (bicyclic) bond motifs is 1. The summed E-state index contributed by atoms with van der Waals surface area (Å²) in [5.41, 5.74) is 2.68. The molecule has 1 saturated heterocycles. The minimum Gasteiger partial charge on any atom is -0.341 e. The molecule has 0 saturated carbocycles. The minimum atomic E-state index is -0.0219. The molecule has 1 aromatic carbocycles. The highest BCUT2D eigenvalue weighted by molar-refractivity contribution is 5.82. The van der Waals surface area contributed by atoms with Crippen LogP contribution in [0.4, 0.5) is 0 Å². The Morgan fingerprint density at radius 1 is 1.12 bits per heavy atom. The zero-order valence-corrected chi connectivity index (χ0v) is 14.7. The van der Waals surface area contributed by atoms with Gasteiger partial charge in [0.15, 0.2) is 0 Å². The van der Waals surface area contributed by atoms with E-state index < -0.39 is 0 Å². The summed E-state index contributed by atoms with van der Waals surface area (Å²) in [6, 6.07) is 8.90. The third kappa shape index (κ3) is 3.18. The summed E-state index contributed by atoms with van der Waals surface area (Å²) in [4.78, 5) is 17.6. The molecule has 4 rings (SSSR count). The highest BCUT2D eigenvalue weighted by Crippen LogP contribution is 2.27. The number of benzene rings is 1. The standard InChI is InChI=1S/C19H25N5O/c1-2-22-12-16-6-4-3-5-15(16)11-18(22)19(25)23-9-7-17(8-10-23)24-13-20-21-14-24/h3-6,13-14,17-18H,2,7-12H2,1H3/t18-/m0/s1. The van der Waals surface area contributed by atoms with Crippen LogP contribution in [0.1, 0.15) is 36.9 Å². The number of likely N-dealkylation sites (tertiary alicyclic amines) is 1. The van der Waals surface area contributed by atoms with Crippen molar-refractivity contribution in [2.45, 2.75) is 44.8 Å². The highest BCUT2D eigenvalue weighted by Gasteiger charge is 2.34. The monoisotopic (exact) mass is 339 g/mol. The second-order valence-corrected chi connectivity index (χ2v) is 7.02. The Kier molecular flexibility index (Phi) is 4.53. The molecular formula is C19H25N5O. The Bertz CT molecular complexity index is 721. The summed E-state index contributed by atoms with van der Waals surface area (Å²) >= 11 is 0. The van der Waals surface area contributed by atoms with E-state index in [-0.39, 0.29) is 6.04 Å². The zero-order chi connectivity index (χ0) is 17.2. The van der Waals surface area contributed by atoms with Crippen LogP contribution in [-0.4, -0.2) is 56.1 Å². The number of hydrogen-bond donors (Lipinski definition) is 0. The number of carbonyl (C=O) groups excluding carboxylic acids is 1. The van der Waals surface area contributed by atoms with Gasteiger partial charge in [-0.1, -0.05) is 31.2 Å². The molecule has 0 spiro atoms. The van der Waals surface area contributed by atoms with E-state index in [4.69, 9.17) is 0 Å². The Balaban J connectivity index is 1.44. The van der Waals surface area contributed by atoms with Gasteiger partial charge in [0.05, 0.1) is 6.04 Å². The Labute approximate surface area is 148 Å². The number of carbonyl (C=O) groups is 1. The first-order chi connectivity index (χ1) is 12.3. The van der Waals surface area contributed by atoms with Gasteiger partial charge in [-0.25, -0.2) is 0 Å². The summed E-state index contributed by atoms with van der Waals surface area (Å²) in [6.45, 7) is 5.56. The lowest BCUT2D eigenvalue weighted by atomic mass is 9.92. The molecule has 1 fully saturated rings. The van der Waals surface area contributed by atoms with E-state index in [1.54, 1.807) is 12.7 Å². The molecule has 2 aromatic rings. The van der Waals surface area contributed by atoms with Crippen LogP contribution in [-0.2, 0) is 17.8 Å². The number of rotatable bonds is 3. The van der Waals surface area contributed by atoms with Gasteiger partial charge in [-0.15, -0.1) is 10.2 Å². The normalized spacial score (nSPS) is 22.0. The number of aromatic nitrogens is 3. The summed E-state index contributed by atoms with van der Waals surface area (Å²) in [5, 5.41) is 7.79. The molecule has 6 heteroatoms. The average Bonchev–Trinajstić information content (AvgIpc) is 3.21. The molecule has 1 amide bonds. The van der Waals surface area contributed by atoms with Crippen LogP contribution in [0, 0.1) is 0 Å². The fraction of sp³-hybridized carbons (Fsp3) is 0.526. The van der Waals surface area contributed by atoms with Crippen molar-refractivity contribution in [3.05, 3.63) is 48.0 Å². The molecule has 25 heavy (non-hydrogen) atoms. The predicted octanol–water partition coefficient (Wildman–Crippen LogP) is 1.89. The van der Waals surface area contributed by atoms with E-state index in [9.17, 15) is 4.79 Å². The van der Waals surface area contributed by atoms with Gasteiger partial charge >= 0.3 is 0 Å². The van der Waals surface area contributed by atoms with Crippen molar-refractivity contribution in [2.75, 3.05) is 19.6 Å². The average molecular weight is 339 g/mol. The lowest BCUT2D eigenvalue weighted by Crippen LogP contribution is -2.53. The first-order valence-electron chi connectivity index (χ1n) is 9.20. The van der Waals surface area contributed by atoms with Gasteiger partial charge < -0.3 is 9.47 Å². The van der Waals surface area contributed by atoms with Crippen molar-refractivity contribution >= 4 is 5.91 Å². The zero-order valence-electron chi connectivity index (χ0n) is 14.7. The number of likely N-dealkylation sites (N-methyl/N-ethyl adjacent to an activating group) is 1. The minimum absolute atomic E-state index is 0.0219. The number of hydrogen-bond acceptors (Lipinski definition) is 4. The van der Waals surface area contributed by atoms with Gasteiger partial charge in [0, 0.05) is 25.7 Å². The largest absolute Gasteiger partial charge is 0.341 e. The maximum Gasteiger partial charge on any atom is 0.240 e. The van der Waals surface area contributed by atoms with Crippen LogP contribution in [0.3, 0.4) is 0 Å². The predicted molar refractivity (Wildman–Crippen MR) is 94.9 cm³/mol. The first kappa shape index (κ1) is 16.3. The molecule has 0 radical (unpaired) electrons. The SMILES string of the molecule is CCN1Cc2ccccc2C[C@H]1C(=O)N1CCC(n2cnnc2)CC1. The van der Waals surface area contributed by atoms with E-state index in [0.717, 1.165) is 45.4 Å². The molecule has 2 aliphatic heterocycles. The summed E-state index contributed by atoms with van der Waals surface area (Å²) in [7, 11) is 0. The molecule has 0 aliphatic carbocycles. The van der Waals surface area contributed by atoms with E-state index in [2.05, 4.69) is 55.8 Å². The Morgan fingerprint density at radius 3 is 2.48 bits per heavy atom. The molecule has 2 aliphatic rings. The maximum atomic E-state index is 13.2. The second-order valence-electron chi connectivity index (χ2n) is 7.02. The molecule has 0 N–H and O–H groups in total. The van der Waals surface area contributed by atoms with Crippen LogP contribution in [0.5, 0.6) is 0 Å². The molecule has 6 nitrogen and oxygen atoms in total. The van der Waals surface area contributed by atoms with Crippen molar-refractivity contribution in [3.63, 3.8) is 0 Å². The van der Waals surface area contributed by atoms with E-state index in [1.165, 1.54) is 11.1 Å². The summed E-state index contributed by atoms with van der Waals surface area (Å²) in [6.07, 6.45) is 6.32. The van der Waals surface area contributed by atoms with Crippen molar-refractivity contribution < 1.29 is 4.79 Å². The van der Waals surface area contributed by atoms with Crippen LogP contribution in [0.15, 0.2) is 36.9 Å². The fourth-order valence-corrected chi connectivity index (χ4v) is 4.15. The summed E-state index contributed by atoms with van der Waals surface area (Å²) in [5.74, 6) is 0.290. The van der Waals surface area contributed by atoms with Crippen LogP contribution in [0.2, 0.25) is 0 Å². The second kappa shape index (κ2) is 6.96. The maximum absolute atomic E-state index is 13.2. The Morgan fingerprint density at radius 2 is 1.80 bits per heavy atom. The number of nitrogens with zero attached hydrogens (tertiary/aromatic N) is 5. The third-order valence-corrected chi connectivity index (χ3v) is 5.67. The van der Waals surface area contributed by atoms with Crippen molar-refractivity contribution in [2.24, 2.45) is 0 Å². The molecular weight excluding hydrogens is 314 g/mol. The molecule has 0 unspecified atom stereocenters. The first-order valence-corrected chi connectivity index (χ1v) is 9.20. The van der Waals surface area contributed by atoms with Gasteiger partial charge in [0.25, 0.3) is 0 Å². The van der Waals surface area contributed by atoms with Crippen LogP contribution >= 0.6 is 0 Å². The van der Waals surface area contributed by atoms with Gasteiger partial charge in [0.1, 0.15) is 12.7 Å². The molecule has 1 atom stereocenters. The van der Waals surface area contributed by atoms with Gasteiger partial charge in [-0.3, -0.25) is 9.69 Å². The van der Waals surface area contributed by atoms with E-state index in [0.29, 0.717) is 11.9 Å². The van der Waals surface area contributed by atoms with Gasteiger partial charge in [-0.05, 0) is 36.9 Å². The Hall–Kier alpha value is -2.21. The molecule has 3 heterocycles. The molecule has 0 bridgehead atoms. The van der Waals surface area contributed by atoms with Gasteiger partial charge in [-0.2, -0.15) is 0 Å². The lowest BCUT2D eigenvalue weighted by Gasteiger charge is -2.40. The lowest BCUT2D eigenvalue weighted by molar-refractivity contribution is -0.139. The van der Waals surface area contributed by atoms with Crippen LogP contribution < -0.4 is 0 Å². The van der Waals surface area contributed by atoms with E-state index >= 15 is 0 Å². The van der Waals surface area contributed by atoms with Crippen molar-refractivity contribution in [1.29, 1.82) is 0 Å². The van der Waals surface area contributed by atoms with E-state index in [1.807, 2.05) is 0 Å². The van der Waals surface area contributed by atoms with Crippen LogP contribution in [0.25, 0.3) is 0 Å². The molecule has 132 valence electrons.